The molecular formula is C20H13FN3O3. The minimum Gasteiger partial charge on any atom is -0.478 e. The Morgan fingerprint density at radius 3 is 2.74 bits per heavy atom. The van der Waals surface area contributed by atoms with Gasteiger partial charge in [0.1, 0.15) is 11.6 Å². The van der Waals surface area contributed by atoms with Crippen LogP contribution in [0, 0.1) is 12.7 Å². The number of carbonyl (C=O) groups is 2. The molecule has 1 radical (unpaired) electrons. The molecule has 0 bridgehead atoms. The fraction of sp³-hybridized carbons (Fsp3) is 0.0500. The zero-order valence-electron chi connectivity index (χ0n) is 14.2. The second-order valence-electron chi connectivity index (χ2n) is 6.15. The molecule has 4 rings (SSSR count). The van der Waals surface area contributed by atoms with Crippen molar-refractivity contribution in [1.82, 2.24) is 10.3 Å². The second-order valence-corrected chi connectivity index (χ2v) is 6.15. The third-order valence-electron chi connectivity index (χ3n) is 4.35. The summed E-state index contributed by atoms with van der Waals surface area (Å²) in [5.74, 6) is -1.54. The van der Waals surface area contributed by atoms with Gasteiger partial charge in [-0.15, -0.1) is 0 Å². The fourth-order valence-corrected chi connectivity index (χ4v) is 2.96. The van der Waals surface area contributed by atoms with Crippen molar-refractivity contribution in [2.75, 3.05) is 5.32 Å². The van der Waals surface area contributed by atoms with Crippen LogP contribution in [0.1, 0.15) is 15.9 Å². The minimum atomic E-state index is -1.05. The van der Waals surface area contributed by atoms with E-state index in [1.807, 2.05) is 6.92 Å². The van der Waals surface area contributed by atoms with E-state index in [2.05, 4.69) is 15.6 Å². The van der Waals surface area contributed by atoms with Gasteiger partial charge in [0.15, 0.2) is 0 Å². The van der Waals surface area contributed by atoms with Crippen LogP contribution < -0.4 is 21.1 Å². The quantitative estimate of drug-likeness (QED) is 0.741. The van der Waals surface area contributed by atoms with E-state index in [4.69, 9.17) is 0 Å². The van der Waals surface area contributed by atoms with E-state index < -0.39 is 17.7 Å². The van der Waals surface area contributed by atoms with Crippen LogP contribution in [0.3, 0.4) is 0 Å². The Bertz CT molecular complexity index is 1250. The van der Waals surface area contributed by atoms with Crippen molar-refractivity contribution in [3.63, 3.8) is 0 Å². The first-order chi connectivity index (χ1) is 12.9. The summed E-state index contributed by atoms with van der Waals surface area (Å²) in [4.78, 5) is 27.5. The Labute approximate surface area is 152 Å². The number of benzene rings is 2. The minimum absolute atomic E-state index is 0.126. The lowest BCUT2D eigenvalue weighted by Gasteiger charge is -2.13. The predicted molar refractivity (Wildman–Crippen MR) is 98.4 cm³/mol. The zero-order valence-corrected chi connectivity index (χ0v) is 14.2. The summed E-state index contributed by atoms with van der Waals surface area (Å²) >= 11 is 0. The monoisotopic (exact) mass is 362 g/mol. The third kappa shape index (κ3) is 2.99. The van der Waals surface area contributed by atoms with Crippen LogP contribution in [0.25, 0.3) is 23.2 Å². The molecule has 3 aromatic rings. The second kappa shape index (κ2) is 6.21. The molecule has 1 amide bonds. The van der Waals surface area contributed by atoms with E-state index in [1.165, 1.54) is 36.5 Å². The Hall–Kier alpha value is -3.74. The van der Waals surface area contributed by atoms with E-state index in [0.717, 1.165) is 5.56 Å². The van der Waals surface area contributed by atoms with Crippen LogP contribution in [0.2, 0.25) is 0 Å². The Morgan fingerprint density at radius 1 is 1.15 bits per heavy atom. The number of hydrogen-bond acceptors (Lipinski definition) is 4. The van der Waals surface area contributed by atoms with Gasteiger partial charge in [-0.1, -0.05) is 6.07 Å². The molecule has 1 aliphatic rings. The van der Waals surface area contributed by atoms with Crippen LogP contribution in [-0.2, 0) is 4.79 Å². The predicted octanol–water partition coefficient (Wildman–Crippen LogP) is 1.79. The molecule has 7 heteroatoms. The first-order valence-electron chi connectivity index (χ1n) is 8.09. The molecule has 0 fully saturated rings. The molecule has 2 heterocycles. The molecule has 0 spiro atoms. The van der Waals surface area contributed by atoms with Crippen LogP contribution in [0.4, 0.5) is 15.9 Å². The van der Waals surface area contributed by atoms with Crippen molar-refractivity contribution in [1.29, 1.82) is 0 Å². The third-order valence-corrected chi connectivity index (χ3v) is 4.35. The number of carboxylic acids is 1. The van der Waals surface area contributed by atoms with Crippen molar-refractivity contribution in [2.45, 2.75) is 6.92 Å². The van der Waals surface area contributed by atoms with Gasteiger partial charge in [-0.05, 0) is 42.8 Å². The number of nitrogens with zero attached hydrogens (tertiary/aromatic N) is 2. The van der Waals surface area contributed by atoms with E-state index >= 15 is 0 Å². The average molecular weight is 362 g/mol. The summed E-state index contributed by atoms with van der Waals surface area (Å²) in [6, 6.07) is 8.88. The normalized spacial score (nSPS) is 12.6. The summed E-state index contributed by atoms with van der Waals surface area (Å²) in [6.07, 6.45) is 2.72. The lowest BCUT2D eigenvalue weighted by atomic mass is 10.1. The molecule has 0 aliphatic carbocycles. The molecule has 133 valence electrons. The van der Waals surface area contributed by atoms with Gasteiger partial charge in [-0.25, -0.2) is 19.5 Å². The van der Waals surface area contributed by atoms with Gasteiger partial charge in [0.2, 0.25) is 0 Å². The topological polar surface area (TPSA) is 93.4 Å². The largest absolute Gasteiger partial charge is 0.478 e. The van der Waals surface area contributed by atoms with E-state index in [9.17, 15) is 19.1 Å². The SMILES string of the molecule is Cc1ccc(C(=O)O)cc1Nc1nc2ccc(F)cc2c2c1=CC(=O)[N]C=2. The van der Waals surface area contributed by atoms with Crippen LogP contribution in [-0.4, -0.2) is 22.0 Å². The molecule has 1 aromatic heterocycles. The Kier molecular flexibility index (Phi) is 3.84. The van der Waals surface area contributed by atoms with Gasteiger partial charge in [-0.2, -0.15) is 0 Å². The fourth-order valence-electron chi connectivity index (χ4n) is 2.96. The molecule has 0 atom stereocenters. The summed E-state index contributed by atoms with van der Waals surface area (Å²) in [7, 11) is 0. The highest BCUT2D eigenvalue weighted by Gasteiger charge is 2.14. The molecular weight excluding hydrogens is 349 g/mol. The number of pyridine rings is 1. The molecule has 6 nitrogen and oxygen atoms in total. The van der Waals surface area contributed by atoms with Gasteiger partial charge in [0.25, 0.3) is 5.91 Å². The lowest BCUT2D eigenvalue weighted by Crippen LogP contribution is -2.36. The number of rotatable bonds is 3. The van der Waals surface area contributed by atoms with Crippen LogP contribution >= 0.6 is 0 Å². The smallest absolute Gasteiger partial charge is 0.335 e. The van der Waals surface area contributed by atoms with Crippen molar-refractivity contribution in [3.05, 3.63) is 63.8 Å². The van der Waals surface area contributed by atoms with Gasteiger partial charge >= 0.3 is 5.97 Å². The van der Waals surface area contributed by atoms with Crippen LogP contribution in [0.5, 0.6) is 0 Å². The number of halogens is 1. The zero-order chi connectivity index (χ0) is 19.1. The Balaban J connectivity index is 1.96. The highest BCUT2D eigenvalue weighted by Crippen LogP contribution is 2.21. The number of carboxylic acid groups (broad SMARTS) is 1. The van der Waals surface area contributed by atoms with Gasteiger partial charge in [-0.3, -0.25) is 4.79 Å². The van der Waals surface area contributed by atoms with Crippen LogP contribution in [0.15, 0.2) is 36.4 Å². The van der Waals surface area contributed by atoms with Crippen molar-refractivity contribution >= 4 is 46.6 Å². The van der Waals surface area contributed by atoms with Crippen molar-refractivity contribution in [2.24, 2.45) is 0 Å². The summed E-state index contributed by atoms with van der Waals surface area (Å²) in [5, 5.41) is 17.7. The summed E-state index contributed by atoms with van der Waals surface area (Å²) in [5.41, 5.74) is 2.01. The Morgan fingerprint density at radius 2 is 1.96 bits per heavy atom. The van der Waals surface area contributed by atoms with E-state index in [1.54, 1.807) is 12.1 Å². The number of nitrogens with one attached hydrogen (secondary N) is 1. The van der Waals surface area contributed by atoms with E-state index in [0.29, 0.717) is 32.8 Å². The maximum absolute atomic E-state index is 13.7. The average Bonchev–Trinajstić information content (AvgIpc) is 2.63. The van der Waals surface area contributed by atoms with Gasteiger partial charge in [0.05, 0.1) is 11.1 Å². The summed E-state index contributed by atoms with van der Waals surface area (Å²) in [6.45, 7) is 1.83. The van der Waals surface area contributed by atoms with E-state index in [-0.39, 0.29) is 5.56 Å². The first kappa shape index (κ1) is 16.7. The van der Waals surface area contributed by atoms with Gasteiger partial charge in [0, 0.05) is 33.8 Å². The number of aromatic nitrogens is 1. The summed E-state index contributed by atoms with van der Waals surface area (Å²) < 4.78 is 13.7. The molecule has 0 saturated carbocycles. The van der Waals surface area contributed by atoms with Crippen molar-refractivity contribution < 1.29 is 19.1 Å². The number of fused-ring (bicyclic) bond motifs is 3. The number of amides is 1. The molecule has 0 saturated heterocycles. The number of anilines is 2. The number of hydrogen-bond donors (Lipinski definition) is 2. The highest BCUT2D eigenvalue weighted by molar-refractivity contribution is 6.08. The molecule has 2 N–H and O–H groups in total. The molecule has 0 unspecified atom stereocenters. The van der Waals surface area contributed by atoms with Crippen molar-refractivity contribution in [3.8, 4) is 0 Å². The number of carbonyl (C=O) groups excluding carboxylic acids is 1. The standard InChI is InChI=1S/C20H13FN3O3/c1-10-2-3-11(20(26)27)6-17(10)24-19-14-8-18(25)22-9-15(14)13-7-12(21)4-5-16(13)23-19/h2-9H,1H3,(H,23,24)(H,26,27). The highest BCUT2D eigenvalue weighted by atomic mass is 19.1. The van der Waals surface area contributed by atoms with Gasteiger partial charge < -0.3 is 10.4 Å². The molecule has 27 heavy (non-hydrogen) atoms. The first-order valence-corrected chi connectivity index (χ1v) is 8.09. The number of aryl methyl sites for hydroxylation is 1. The lowest BCUT2D eigenvalue weighted by molar-refractivity contribution is -0.114. The maximum Gasteiger partial charge on any atom is 0.335 e. The maximum atomic E-state index is 13.7. The number of aromatic carboxylic acids is 1. The molecule has 2 aromatic carbocycles. The molecule has 1 aliphatic heterocycles.